The first-order valence-corrected chi connectivity index (χ1v) is 9.23. The highest BCUT2D eigenvalue weighted by Gasteiger charge is 2.53. The maximum atomic E-state index is 11.3. The van der Waals surface area contributed by atoms with Crippen LogP contribution in [0.15, 0.2) is 42.6 Å². The van der Waals surface area contributed by atoms with E-state index in [0.29, 0.717) is 0 Å². The van der Waals surface area contributed by atoms with Crippen LogP contribution in [0.25, 0.3) is 0 Å². The molecule has 4 rings (SSSR count). The van der Waals surface area contributed by atoms with Gasteiger partial charge in [-0.15, -0.1) is 0 Å². The Morgan fingerprint density at radius 1 is 1.22 bits per heavy atom. The number of aliphatic hydroxyl groups is 1. The molecule has 2 heterocycles. The fourth-order valence-corrected chi connectivity index (χ4v) is 4.77. The van der Waals surface area contributed by atoms with Gasteiger partial charge in [0.05, 0.1) is 17.1 Å². The van der Waals surface area contributed by atoms with Crippen molar-refractivity contribution in [1.82, 2.24) is 9.88 Å². The Balaban J connectivity index is 1.58. The van der Waals surface area contributed by atoms with E-state index in [4.69, 9.17) is 0 Å². The van der Waals surface area contributed by atoms with Gasteiger partial charge in [0.1, 0.15) is 12.0 Å². The number of pyridine rings is 1. The van der Waals surface area contributed by atoms with Gasteiger partial charge in [-0.05, 0) is 44.1 Å². The van der Waals surface area contributed by atoms with E-state index in [2.05, 4.69) is 33.0 Å². The standard InChI is InChI=1S/C20H24N4O3/c1-22(2)18-15-5-3-4-6-16(15)20(19(18)25)9-11-23(12-10-20)17-8-7-14(13-21-17)24(26)27/h3-8,13,18-19,25H,9-12H2,1-2H3/t18-,19+/m1/s1. The van der Waals surface area contributed by atoms with Crippen LogP contribution in [0, 0.1) is 10.1 Å². The van der Waals surface area contributed by atoms with Crippen molar-refractivity contribution in [2.75, 3.05) is 32.1 Å². The number of likely N-dealkylation sites (N-methyl/N-ethyl adjacent to an activating group) is 1. The van der Waals surface area contributed by atoms with Gasteiger partial charge in [-0.2, -0.15) is 0 Å². The minimum atomic E-state index is -0.447. The molecule has 142 valence electrons. The van der Waals surface area contributed by atoms with Gasteiger partial charge < -0.3 is 14.9 Å². The van der Waals surface area contributed by atoms with Crippen molar-refractivity contribution in [1.29, 1.82) is 0 Å². The zero-order valence-corrected chi connectivity index (χ0v) is 15.6. The first-order valence-electron chi connectivity index (χ1n) is 9.23. The topological polar surface area (TPSA) is 82.7 Å². The van der Waals surface area contributed by atoms with Gasteiger partial charge in [0.15, 0.2) is 0 Å². The van der Waals surface area contributed by atoms with Gasteiger partial charge in [-0.3, -0.25) is 10.1 Å². The van der Waals surface area contributed by atoms with Crippen LogP contribution >= 0.6 is 0 Å². The van der Waals surface area contributed by atoms with Gasteiger partial charge in [0.2, 0.25) is 0 Å². The Bertz CT molecular complexity index is 845. The molecular formula is C20H24N4O3. The smallest absolute Gasteiger partial charge is 0.287 e. The number of benzene rings is 1. The van der Waals surface area contributed by atoms with Crippen molar-refractivity contribution in [3.63, 3.8) is 0 Å². The fourth-order valence-electron chi connectivity index (χ4n) is 4.77. The summed E-state index contributed by atoms with van der Waals surface area (Å²) in [6.07, 6.45) is 2.51. The number of fused-ring (bicyclic) bond motifs is 2. The number of hydrogen-bond acceptors (Lipinski definition) is 6. The number of hydrogen-bond donors (Lipinski definition) is 1. The summed E-state index contributed by atoms with van der Waals surface area (Å²) >= 11 is 0. The third-order valence-corrected chi connectivity index (χ3v) is 6.16. The molecule has 2 aliphatic rings. The number of nitrogens with zero attached hydrogens (tertiary/aromatic N) is 4. The van der Waals surface area contributed by atoms with Crippen molar-refractivity contribution >= 4 is 11.5 Å². The Morgan fingerprint density at radius 3 is 2.52 bits per heavy atom. The minimum absolute atomic E-state index is 0.00111. The van der Waals surface area contributed by atoms with Gasteiger partial charge in [-0.1, -0.05) is 24.3 Å². The van der Waals surface area contributed by atoms with Crippen molar-refractivity contribution in [2.24, 2.45) is 0 Å². The summed E-state index contributed by atoms with van der Waals surface area (Å²) in [7, 11) is 4.03. The van der Waals surface area contributed by atoms with Gasteiger partial charge in [0.25, 0.3) is 5.69 Å². The highest BCUT2D eigenvalue weighted by molar-refractivity contribution is 5.48. The largest absolute Gasteiger partial charge is 0.390 e. The van der Waals surface area contributed by atoms with Crippen molar-refractivity contribution in [3.8, 4) is 0 Å². The number of anilines is 1. The first-order chi connectivity index (χ1) is 12.9. The van der Waals surface area contributed by atoms with Gasteiger partial charge >= 0.3 is 0 Å². The maximum absolute atomic E-state index is 11.3. The predicted octanol–water partition coefficient (Wildman–Crippen LogP) is 2.51. The number of rotatable bonds is 3. The molecule has 0 saturated carbocycles. The van der Waals surface area contributed by atoms with E-state index < -0.39 is 11.0 Å². The predicted molar refractivity (Wildman–Crippen MR) is 103 cm³/mol. The third kappa shape index (κ3) is 2.78. The molecule has 7 heteroatoms. The number of aliphatic hydroxyl groups excluding tert-OH is 1. The van der Waals surface area contributed by atoms with E-state index >= 15 is 0 Å². The van der Waals surface area contributed by atoms with Crippen LogP contribution in [0.5, 0.6) is 0 Å². The molecule has 1 saturated heterocycles. The lowest BCUT2D eigenvalue weighted by Crippen LogP contribution is -2.49. The summed E-state index contributed by atoms with van der Waals surface area (Å²) in [5.41, 5.74) is 2.23. The van der Waals surface area contributed by atoms with Crippen LogP contribution in [0.4, 0.5) is 11.5 Å². The Labute approximate surface area is 158 Å². The van der Waals surface area contributed by atoms with Crippen molar-refractivity contribution in [2.45, 2.75) is 30.4 Å². The molecule has 2 atom stereocenters. The first kappa shape index (κ1) is 17.9. The zero-order chi connectivity index (χ0) is 19.2. The van der Waals surface area contributed by atoms with Gasteiger partial charge in [0, 0.05) is 24.6 Å². The summed E-state index contributed by atoms with van der Waals surface area (Å²) in [4.78, 5) is 18.9. The Kier molecular flexibility index (Phi) is 4.36. The lowest BCUT2D eigenvalue weighted by atomic mass is 9.72. The molecule has 1 N–H and O–H groups in total. The molecule has 1 spiro atoms. The SMILES string of the molecule is CN(C)[C@@H]1c2ccccc2C2(CCN(c3ccc([N+](=O)[O-])cn3)CC2)[C@H]1O. The number of aromatic nitrogens is 1. The molecule has 1 aromatic heterocycles. The second kappa shape index (κ2) is 6.58. The van der Waals surface area contributed by atoms with Crippen LogP contribution in [0.2, 0.25) is 0 Å². The molecule has 7 nitrogen and oxygen atoms in total. The monoisotopic (exact) mass is 368 g/mol. The van der Waals surface area contributed by atoms with Crippen LogP contribution < -0.4 is 4.90 Å². The average Bonchev–Trinajstić information content (AvgIpc) is 2.91. The second-order valence-corrected chi connectivity index (χ2v) is 7.72. The quantitative estimate of drug-likeness (QED) is 0.662. The molecule has 0 amide bonds. The van der Waals surface area contributed by atoms with E-state index in [1.54, 1.807) is 6.07 Å². The molecule has 27 heavy (non-hydrogen) atoms. The van der Waals surface area contributed by atoms with Crippen LogP contribution in [-0.4, -0.2) is 53.2 Å². The highest BCUT2D eigenvalue weighted by Crippen LogP contribution is 2.52. The highest BCUT2D eigenvalue weighted by atomic mass is 16.6. The molecule has 0 bridgehead atoms. The third-order valence-electron chi connectivity index (χ3n) is 6.16. The summed E-state index contributed by atoms with van der Waals surface area (Å²) in [6, 6.07) is 11.6. The van der Waals surface area contributed by atoms with Crippen molar-refractivity contribution < 1.29 is 10.0 Å². The van der Waals surface area contributed by atoms with E-state index in [-0.39, 0.29) is 17.1 Å². The van der Waals surface area contributed by atoms with E-state index in [1.165, 1.54) is 23.4 Å². The normalized spacial score (nSPS) is 23.6. The van der Waals surface area contributed by atoms with E-state index in [9.17, 15) is 15.2 Å². The Hall–Kier alpha value is -2.51. The van der Waals surface area contributed by atoms with E-state index in [1.807, 2.05) is 20.2 Å². The molecule has 1 aromatic carbocycles. The molecule has 2 aromatic rings. The molecular weight excluding hydrogens is 344 g/mol. The van der Waals surface area contributed by atoms with Crippen LogP contribution in [0.3, 0.4) is 0 Å². The van der Waals surface area contributed by atoms with Gasteiger partial charge in [-0.25, -0.2) is 4.98 Å². The van der Waals surface area contributed by atoms with Crippen molar-refractivity contribution in [3.05, 3.63) is 63.8 Å². The lowest BCUT2D eigenvalue weighted by Gasteiger charge is -2.43. The minimum Gasteiger partial charge on any atom is -0.390 e. The molecule has 0 unspecified atom stereocenters. The molecule has 1 fully saturated rings. The maximum Gasteiger partial charge on any atom is 0.287 e. The fraction of sp³-hybridized carbons (Fsp3) is 0.450. The van der Waals surface area contributed by atoms with Crippen LogP contribution in [-0.2, 0) is 5.41 Å². The average molecular weight is 368 g/mol. The van der Waals surface area contributed by atoms with Crippen LogP contribution in [0.1, 0.15) is 30.0 Å². The summed E-state index contributed by atoms with van der Waals surface area (Å²) < 4.78 is 0. The summed E-state index contributed by atoms with van der Waals surface area (Å²) in [5.74, 6) is 0.750. The summed E-state index contributed by atoms with van der Waals surface area (Å²) in [6.45, 7) is 1.52. The second-order valence-electron chi connectivity index (χ2n) is 7.72. The lowest BCUT2D eigenvalue weighted by molar-refractivity contribution is -0.385. The molecule has 0 radical (unpaired) electrons. The van der Waals surface area contributed by atoms with E-state index in [0.717, 1.165) is 31.7 Å². The summed E-state index contributed by atoms with van der Waals surface area (Å²) in [5, 5.41) is 22.1. The molecule has 1 aliphatic heterocycles. The number of piperidine rings is 1. The molecule has 1 aliphatic carbocycles. The Morgan fingerprint density at radius 2 is 1.93 bits per heavy atom. The zero-order valence-electron chi connectivity index (χ0n) is 15.6. The number of nitro groups is 1.